The van der Waals surface area contributed by atoms with E-state index < -0.39 is 11.9 Å². The van der Waals surface area contributed by atoms with Crippen LogP contribution in [0.4, 0.5) is 17.1 Å². The van der Waals surface area contributed by atoms with E-state index in [0.717, 1.165) is 16.7 Å². The minimum Gasteiger partial charge on any atom is -0.454 e. The fraction of sp³-hybridized carbons (Fsp3) is 0.0870. The Balaban J connectivity index is 1.25. The number of anilines is 1. The number of amides is 1. The van der Waals surface area contributed by atoms with Crippen LogP contribution in [0.5, 0.6) is 0 Å². The van der Waals surface area contributed by atoms with Crippen LogP contribution in [-0.4, -0.2) is 28.0 Å². The second-order valence-electron chi connectivity index (χ2n) is 6.65. The maximum atomic E-state index is 12.1. The van der Waals surface area contributed by atoms with Gasteiger partial charge < -0.3 is 14.6 Å². The highest BCUT2D eigenvalue weighted by Gasteiger charge is 2.11. The van der Waals surface area contributed by atoms with Crippen molar-refractivity contribution in [2.75, 3.05) is 11.9 Å². The molecule has 1 heterocycles. The van der Waals surface area contributed by atoms with E-state index in [9.17, 15) is 9.59 Å². The van der Waals surface area contributed by atoms with Crippen LogP contribution in [0.25, 0.3) is 11.0 Å². The summed E-state index contributed by atoms with van der Waals surface area (Å²) >= 11 is 0. The van der Waals surface area contributed by atoms with Crippen molar-refractivity contribution in [3.63, 3.8) is 0 Å². The number of benzene rings is 3. The standard InChI is InChI=1S/C23H19N5O3/c29-22(15-31-23(30)14-28-16-24-20-8-4-5-9-21(20)28)25-17-10-12-19(13-11-17)27-26-18-6-2-1-3-7-18/h1-13,16H,14-15H2,(H,25,29). The topological polar surface area (TPSA) is 97.9 Å². The third-order valence-corrected chi connectivity index (χ3v) is 4.38. The molecule has 0 aliphatic rings. The summed E-state index contributed by atoms with van der Waals surface area (Å²) in [6.45, 7) is -0.393. The van der Waals surface area contributed by atoms with E-state index in [4.69, 9.17) is 4.74 Å². The van der Waals surface area contributed by atoms with Crippen molar-refractivity contribution in [1.82, 2.24) is 9.55 Å². The SMILES string of the molecule is O=C(COC(=O)Cn1cnc2ccccc21)Nc1ccc(N=Nc2ccccc2)cc1. The minimum atomic E-state index is -0.519. The van der Waals surface area contributed by atoms with Gasteiger partial charge in [-0.25, -0.2) is 4.98 Å². The van der Waals surface area contributed by atoms with Gasteiger partial charge in [0.25, 0.3) is 5.91 Å². The molecule has 1 N–H and O–H groups in total. The molecule has 0 spiro atoms. The van der Waals surface area contributed by atoms with Crippen LogP contribution in [0.15, 0.2) is 95.4 Å². The molecular weight excluding hydrogens is 394 g/mol. The number of nitrogens with zero attached hydrogens (tertiary/aromatic N) is 4. The maximum absolute atomic E-state index is 12.1. The van der Waals surface area contributed by atoms with Gasteiger partial charge in [0.2, 0.25) is 0 Å². The summed E-state index contributed by atoms with van der Waals surface area (Å²) in [7, 11) is 0. The van der Waals surface area contributed by atoms with E-state index in [1.807, 2.05) is 54.6 Å². The van der Waals surface area contributed by atoms with Crippen LogP contribution in [0.2, 0.25) is 0 Å². The van der Waals surface area contributed by atoms with Gasteiger partial charge in [-0.3, -0.25) is 9.59 Å². The summed E-state index contributed by atoms with van der Waals surface area (Å²) in [6.07, 6.45) is 1.57. The lowest BCUT2D eigenvalue weighted by Gasteiger charge is -2.07. The molecule has 0 saturated carbocycles. The second-order valence-corrected chi connectivity index (χ2v) is 6.65. The van der Waals surface area contributed by atoms with Crippen LogP contribution in [0.1, 0.15) is 0 Å². The average molecular weight is 413 g/mol. The maximum Gasteiger partial charge on any atom is 0.326 e. The first-order chi connectivity index (χ1) is 15.2. The Labute approximate surface area is 178 Å². The van der Waals surface area contributed by atoms with Gasteiger partial charge in [0.1, 0.15) is 6.54 Å². The summed E-state index contributed by atoms with van der Waals surface area (Å²) < 4.78 is 6.76. The highest BCUT2D eigenvalue weighted by Crippen LogP contribution is 2.20. The van der Waals surface area contributed by atoms with Crippen molar-refractivity contribution in [3.8, 4) is 0 Å². The summed E-state index contributed by atoms with van der Waals surface area (Å²) in [5.41, 5.74) is 3.60. The average Bonchev–Trinajstić information content (AvgIpc) is 3.21. The largest absolute Gasteiger partial charge is 0.454 e. The molecule has 1 aromatic heterocycles. The number of hydrogen-bond donors (Lipinski definition) is 1. The van der Waals surface area contributed by atoms with E-state index in [2.05, 4.69) is 20.5 Å². The molecule has 31 heavy (non-hydrogen) atoms. The molecule has 0 atom stereocenters. The number of fused-ring (bicyclic) bond motifs is 1. The predicted molar refractivity (Wildman–Crippen MR) is 116 cm³/mol. The molecular formula is C23H19N5O3. The quantitative estimate of drug-likeness (QED) is 0.353. The molecule has 0 fully saturated rings. The Kier molecular flexibility index (Phi) is 6.08. The zero-order valence-electron chi connectivity index (χ0n) is 16.5. The Morgan fingerprint density at radius 2 is 1.55 bits per heavy atom. The molecule has 154 valence electrons. The van der Waals surface area contributed by atoms with Gasteiger partial charge in [-0.15, -0.1) is 0 Å². The van der Waals surface area contributed by atoms with Crippen molar-refractivity contribution in [1.29, 1.82) is 0 Å². The lowest BCUT2D eigenvalue weighted by atomic mass is 10.3. The van der Waals surface area contributed by atoms with E-state index in [0.29, 0.717) is 11.4 Å². The summed E-state index contributed by atoms with van der Waals surface area (Å²) in [4.78, 5) is 28.4. The number of para-hydroxylation sites is 2. The molecule has 1 amide bonds. The van der Waals surface area contributed by atoms with E-state index in [-0.39, 0.29) is 13.2 Å². The van der Waals surface area contributed by atoms with Crippen LogP contribution in [-0.2, 0) is 20.9 Å². The van der Waals surface area contributed by atoms with Crippen LogP contribution < -0.4 is 5.32 Å². The normalized spacial score (nSPS) is 11.0. The second kappa shape index (κ2) is 9.45. The first-order valence-corrected chi connectivity index (χ1v) is 9.59. The fourth-order valence-corrected chi connectivity index (χ4v) is 2.89. The van der Waals surface area contributed by atoms with Crippen molar-refractivity contribution in [2.45, 2.75) is 6.54 Å². The molecule has 0 bridgehead atoms. The first-order valence-electron chi connectivity index (χ1n) is 9.59. The molecule has 8 heteroatoms. The van der Waals surface area contributed by atoms with Crippen molar-refractivity contribution in [2.24, 2.45) is 10.2 Å². The highest BCUT2D eigenvalue weighted by molar-refractivity contribution is 5.93. The molecule has 0 saturated heterocycles. The van der Waals surface area contributed by atoms with E-state index >= 15 is 0 Å². The van der Waals surface area contributed by atoms with E-state index in [1.54, 1.807) is 35.2 Å². The van der Waals surface area contributed by atoms with Gasteiger partial charge in [-0.1, -0.05) is 30.3 Å². The van der Waals surface area contributed by atoms with Crippen LogP contribution in [0.3, 0.4) is 0 Å². The number of aromatic nitrogens is 2. The molecule has 4 rings (SSSR count). The van der Waals surface area contributed by atoms with E-state index in [1.165, 1.54) is 0 Å². The van der Waals surface area contributed by atoms with Crippen LogP contribution in [0, 0.1) is 0 Å². The smallest absolute Gasteiger partial charge is 0.326 e. The van der Waals surface area contributed by atoms with Gasteiger partial charge >= 0.3 is 5.97 Å². The van der Waals surface area contributed by atoms with Gasteiger partial charge in [0.15, 0.2) is 6.61 Å². The third-order valence-electron chi connectivity index (χ3n) is 4.38. The molecule has 0 unspecified atom stereocenters. The Bertz CT molecular complexity index is 1220. The van der Waals surface area contributed by atoms with Gasteiger partial charge in [0, 0.05) is 5.69 Å². The monoisotopic (exact) mass is 413 g/mol. The summed E-state index contributed by atoms with van der Waals surface area (Å²) in [6, 6.07) is 23.7. The molecule has 4 aromatic rings. The summed E-state index contributed by atoms with van der Waals surface area (Å²) in [5, 5.41) is 11.0. The van der Waals surface area contributed by atoms with Crippen molar-refractivity contribution in [3.05, 3.63) is 85.2 Å². The Hall–Kier alpha value is -4.33. The highest BCUT2D eigenvalue weighted by atomic mass is 16.5. The van der Waals surface area contributed by atoms with Crippen molar-refractivity contribution >= 4 is 40.0 Å². The molecule has 3 aromatic carbocycles. The minimum absolute atomic E-state index is 0.0189. The number of nitrogens with one attached hydrogen (secondary N) is 1. The zero-order valence-corrected chi connectivity index (χ0v) is 16.5. The number of carbonyl (C=O) groups is 2. The number of imidazole rings is 1. The van der Waals surface area contributed by atoms with Gasteiger partial charge in [-0.05, 0) is 48.5 Å². The number of hydrogen-bond acceptors (Lipinski definition) is 6. The third kappa shape index (κ3) is 5.39. The van der Waals surface area contributed by atoms with Crippen LogP contribution >= 0.6 is 0 Å². The summed E-state index contributed by atoms with van der Waals surface area (Å²) in [5.74, 6) is -0.947. The Morgan fingerprint density at radius 3 is 2.32 bits per heavy atom. The zero-order chi connectivity index (χ0) is 21.5. The molecule has 0 aliphatic carbocycles. The van der Waals surface area contributed by atoms with Gasteiger partial charge in [0.05, 0.1) is 28.7 Å². The lowest BCUT2D eigenvalue weighted by molar-refractivity contribution is -0.147. The number of rotatable bonds is 7. The first kappa shape index (κ1) is 20.0. The lowest BCUT2D eigenvalue weighted by Crippen LogP contribution is -2.22. The Morgan fingerprint density at radius 1 is 0.871 bits per heavy atom. The fourth-order valence-electron chi connectivity index (χ4n) is 2.89. The number of esters is 1. The number of azo groups is 1. The molecule has 0 aliphatic heterocycles. The molecule has 8 nitrogen and oxygen atoms in total. The number of carbonyl (C=O) groups excluding carboxylic acids is 2. The predicted octanol–water partition coefficient (Wildman–Crippen LogP) is 4.63. The molecule has 0 radical (unpaired) electrons. The number of ether oxygens (including phenoxy) is 1. The van der Waals surface area contributed by atoms with Crippen molar-refractivity contribution < 1.29 is 14.3 Å². The van der Waals surface area contributed by atoms with Gasteiger partial charge in [-0.2, -0.15) is 10.2 Å².